The second-order valence-electron chi connectivity index (χ2n) is 0.977. The van der Waals surface area contributed by atoms with Crippen LogP contribution in [0.1, 0.15) is 0 Å². The number of hydrogen-bond donors (Lipinski definition) is 0. The maximum absolute atomic E-state index is 9.81. The molecule has 4 nitrogen and oxygen atoms in total. The first-order chi connectivity index (χ1) is 3.48. The van der Waals surface area contributed by atoms with Crippen molar-refractivity contribution < 1.29 is 47.3 Å². The molecule has 0 aliphatic rings. The van der Waals surface area contributed by atoms with E-state index in [4.69, 9.17) is 0 Å². The zero-order valence-electron chi connectivity index (χ0n) is 4.83. The van der Waals surface area contributed by atoms with Gasteiger partial charge in [-0.15, -0.1) is 0 Å². The SMILES string of the molecule is C=CC(=O)S(=O)(=O)[O-].[Na+]. The molecule has 9 heavy (non-hydrogen) atoms. The third kappa shape index (κ3) is 4.80. The van der Waals surface area contributed by atoms with Gasteiger partial charge in [0.1, 0.15) is 0 Å². The van der Waals surface area contributed by atoms with Gasteiger partial charge < -0.3 is 4.55 Å². The average molecular weight is 158 g/mol. The molecule has 0 amide bonds. The summed E-state index contributed by atoms with van der Waals surface area (Å²) in [4.78, 5) is 9.81. The van der Waals surface area contributed by atoms with Crippen molar-refractivity contribution in [1.29, 1.82) is 0 Å². The van der Waals surface area contributed by atoms with Crippen LogP contribution >= 0.6 is 0 Å². The van der Waals surface area contributed by atoms with Crippen molar-refractivity contribution in [2.75, 3.05) is 0 Å². The number of carbonyl (C=O) groups is 1. The third-order valence-corrected chi connectivity index (χ3v) is 1.07. The average Bonchev–Trinajstić information content (AvgIpc) is 1.62. The summed E-state index contributed by atoms with van der Waals surface area (Å²) in [5.74, 6) is 0. The molecule has 0 radical (unpaired) electrons. The van der Waals surface area contributed by atoms with E-state index in [1.165, 1.54) is 0 Å². The van der Waals surface area contributed by atoms with Crippen LogP contribution in [0.2, 0.25) is 0 Å². The molecule has 0 saturated carbocycles. The molecule has 0 heterocycles. The van der Waals surface area contributed by atoms with Gasteiger partial charge in [0.25, 0.3) is 5.12 Å². The molecule has 0 saturated heterocycles. The molecule has 0 bridgehead atoms. The molecule has 0 unspecified atom stereocenters. The van der Waals surface area contributed by atoms with Crippen LogP contribution in [-0.4, -0.2) is 18.1 Å². The summed E-state index contributed by atoms with van der Waals surface area (Å²) in [6.45, 7) is 2.80. The first-order valence-electron chi connectivity index (χ1n) is 1.61. The standard InChI is InChI=1S/C3H4O4S.Na/c1-2-3(4)8(5,6)7;/h2H,1H2,(H,5,6,7);/q;+1/p-1. The van der Waals surface area contributed by atoms with E-state index in [0.717, 1.165) is 0 Å². The monoisotopic (exact) mass is 158 g/mol. The molecule has 0 N–H and O–H groups in total. The van der Waals surface area contributed by atoms with Crippen molar-refractivity contribution >= 4 is 15.2 Å². The topological polar surface area (TPSA) is 74.3 Å². The number of hydrogen-bond acceptors (Lipinski definition) is 4. The van der Waals surface area contributed by atoms with Gasteiger partial charge in [-0.2, -0.15) is 0 Å². The summed E-state index contributed by atoms with van der Waals surface area (Å²) >= 11 is 0. The first-order valence-corrected chi connectivity index (χ1v) is 3.01. The minimum Gasteiger partial charge on any atom is -0.742 e. The van der Waals surface area contributed by atoms with Gasteiger partial charge in [-0.1, -0.05) is 6.58 Å². The molecule has 0 fully saturated rings. The first kappa shape index (κ1) is 12.0. The van der Waals surface area contributed by atoms with Crippen molar-refractivity contribution in [3.8, 4) is 0 Å². The van der Waals surface area contributed by atoms with Crippen LogP contribution in [0.25, 0.3) is 0 Å². The van der Waals surface area contributed by atoms with Crippen LogP contribution in [0.5, 0.6) is 0 Å². The van der Waals surface area contributed by atoms with Crippen molar-refractivity contribution in [1.82, 2.24) is 0 Å². The van der Waals surface area contributed by atoms with Gasteiger partial charge >= 0.3 is 29.6 Å². The summed E-state index contributed by atoms with van der Waals surface area (Å²) < 4.78 is 28.8. The molecule has 0 aliphatic carbocycles. The Hall–Kier alpha value is 0.320. The van der Waals surface area contributed by atoms with Gasteiger partial charge in [-0.25, -0.2) is 8.42 Å². The van der Waals surface area contributed by atoms with E-state index >= 15 is 0 Å². The Bertz CT molecular complexity index is 204. The Morgan fingerprint density at radius 3 is 1.89 bits per heavy atom. The van der Waals surface area contributed by atoms with Crippen LogP contribution in [0.15, 0.2) is 12.7 Å². The number of rotatable bonds is 1. The Morgan fingerprint density at radius 1 is 1.56 bits per heavy atom. The third-order valence-electron chi connectivity index (χ3n) is 0.413. The minimum absolute atomic E-state index is 0. The van der Waals surface area contributed by atoms with Crippen molar-refractivity contribution in [2.45, 2.75) is 0 Å². The van der Waals surface area contributed by atoms with E-state index in [1.807, 2.05) is 0 Å². The maximum Gasteiger partial charge on any atom is 1.00 e. The van der Waals surface area contributed by atoms with Crippen molar-refractivity contribution in [2.24, 2.45) is 0 Å². The molecular weight excluding hydrogens is 155 g/mol. The molecule has 0 atom stereocenters. The Labute approximate surface area is 75.0 Å². The molecular formula is C3H3NaO4S. The zero-order valence-corrected chi connectivity index (χ0v) is 7.64. The number of carbonyl (C=O) groups excluding carboxylic acids is 1. The molecule has 0 rings (SSSR count). The Kier molecular flexibility index (Phi) is 5.60. The normalized spacial score (nSPS) is 9.44. The van der Waals surface area contributed by atoms with Gasteiger partial charge in [-0.3, -0.25) is 4.79 Å². The second kappa shape index (κ2) is 4.19. The summed E-state index contributed by atoms with van der Waals surface area (Å²) in [6, 6.07) is 0. The summed E-state index contributed by atoms with van der Waals surface area (Å²) in [6.07, 6.45) is 0.461. The van der Waals surface area contributed by atoms with E-state index in [1.54, 1.807) is 0 Å². The van der Waals surface area contributed by atoms with Gasteiger partial charge in [0, 0.05) is 0 Å². The van der Waals surface area contributed by atoms with Crippen LogP contribution < -0.4 is 29.6 Å². The minimum atomic E-state index is -4.76. The zero-order chi connectivity index (χ0) is 6.78. The molecule has 0 aromatic carbocycles. The fourth-order valence-electron chi connectivity index (χ4n) is 0.102. The van der Waals surface area contributed by atoms with Gasteiger partial charge in [0.05, 0.1) is 0 Å². The molecule has 0 aliphatic heterocycles. The molecule has 0 aromatic rings. The van der Waals surface area contributed by atoms with Gasteiger partial charge in [0.15, 0.2) is 10.1 Å². The van der Waals surface area contributed by atoms with Crippen LogP contribution in [-0.2, 0) is 14.9 Å². The fourth-order valence-corrected chi connectivity index (χ4v) is 0.306. The summed E-state index contributed by atoms with van der Waals surface area (Å²) in [7, 11) is -4.76. The molecule has 46 valence electrons. The van der Waals surface area contributed by atoms with Crippen LogP contribution in [0.4, 0.5) is 0 Å². The fraction of sp³-hybridized carbons (Fsp3) is 0. The largest absolute Gasteiger partial charge is 1.00 e. The maximum atomic E-state index is 9.81. The predicted molar refractivity (Wildman–Crippen MR) is 24.9 cm³/mol. The van der Waals surface area contributed by atoms with E-state index in [9.17, 15) is 17.8 Å². The van der Waals surface area contributed by atoms with Gasteiger partial charge in [-0.05, 0) is 6.08 Å². The molecule has 0 spiro atoms. The summed E-state index contributed by atoms with van der Waals surface area (Å²) in [5, 5.41) is -1.49. The van der Waals surface area contributed by atoms with Crippen molar-refractivity contribution in [3.63, 3.8) is 0 Å². The smallest absolute Gasteiger partial charge is 0.742 e. The van der Waals surface area contributed by atoms with E-state index in [0.29, 0.717) is 6.08 Å². The van der Waals surface area contributed by atoms with E-state index in [-0.39, 0.29) is 29.6 Å². The van der Waals surface area contributed by atoms with Crippen LogP contribution in [0, 0.1) is 0 Å². The summed E-state index contributed by atoms with van der Waals surface area (Å²) in [5.41, 5.74) is 0. The molecule has 0 aromatic heterocycles. The quantitative estimate of drug-likeness (QED) is 0.223. The van der Waals surface area contributed by atoms with E-state index in [2.05, 4.69) is 6.58 Å². The van der Waals surface area contributed by atoms with Gasteiger partial charge in [0.2, 0.25) is 0 Å². The van der Waals surface area contributed by atoms with Crippen molar-refractivity contribution in [3.05, 3.63) is 12.7 Å². The Balaban J connectivity index is 0. The van der Waals surface area contributed by atoms with E-state index < -0.39 is 15.2 Å². The Morgan fingerprint density at radius 2 is 1.89 bits per heavy atom. The predicted octanol–water partition coefficient (Wildman–Crippen LogP) is -3.75. The molecule has 6 heteroatoms. The second-order valence-corrected chi connectivity index (χ2v) is 2.29. The van der Waals surface area contributed by atoms with Crippen LogP contribution in [0.3, 0.4) is 0 Å².